The van der Waals surface area contributed by atoms with E-state index < -0.39 is 71.9 Å². The van der Waals surface area contributed by atoms with Crippen LogP contribution in [-0.4, -0.2) is 126 Å². The number of nitrogens with zero attached hydrogens (tertiary/aromatic N) is 1. The number of anilines is 1. The first-order valence-electron chi connectivity index (χ1n) is 23.4. The van der Waals surface area contributed by atoms with Gasteiger partial charge in [0.05, 0.1) is 18.2 Å². The molecule has 0 aromatic heterocycles. The summed E-state index contributed by atoms with van der Waals surface area (Å²) >= 11 is 0. The first-order valence-corrected chi connectivity index (χ1v) is 23.4. The maximum Gasteiger partial charge on any atom is 0.490 e. The molecular weight excluding hydrogens is 930 g/mol. The highest BCUT2D eigenvalue weighted by Gasteiger charge is 2.40. The molecule has 384 valence electrons. The first kappa shape index (κ1) is 56.4. The third kappa shape index (κ3) is 16.5. The van der Waals surface area contributed by atoms with Crippen molar-refractivity contribution < 1.29 is 61.4 Å². The molecule has 71 heavy (non-hydrogen) atoms. The number of hydrogen-bond donors (Lipinski definition) is 8. The summed E-state index contributed by atoms with van der Waals surface area (Å²) in [5, 5.41) is 24.2. The van der Waals surface area contributed by atoms with Gasteiger partial charge in [-0.25, -0.2) is 4.79 Å². The largest absolute Gasteiger partial charge is 0.490 e. The first-order chi connectivity index (χ1) is 33.5. The Morgan fingerprint density at radius 1 is 0.704 bits per heavy atom. The van der Waals surface area contributed by atoms with Crippen LogP contribution in [0.2, 0.25) is 0 Å². The second-order valence-electron chi connectivity index (χ2n) is 18.2. The van der Waals surface area contributed by atoms with E-state index in [1.54, 1.807) is 42.5 Å². The lowest BCUT2D eigenvalue weighted by molar-refractivity contribution is -0.192. The fourth-order valence-corrected chi connectivity index (χ4v) is 8.01. The molecule has 3 aromatic rings. The number of nitrogens with one attached hydrogen (secondary N) is 6. The summed E-state index contributed by atoms with van der Waals surface area (Å²) < 4.78 is 31.7. The zero-order valence-electron chi connectivity index (χ0n) is 40.3. The average molecular weight is 993 g/mol. The predicted octanol–water partition coefficient (Wildman–Crippen LogP) is 3.26. The summed E-state index contributed by atoms with van der Waals surface area (Å²) in [5.41, 5.74) is 8.29. The Hall–Kier alpha value is -7.16. The highest BCUT2D eigenvalue weighted by atomic mass is 19.4. The van der Waals surface area contributed by atoms with E-state index in [4.69, 9.17) is 15.6 Å². The van der Waals surface area contributed by atoms with Crippen LogP contribution in [0, 0.1) is 11.8 Å². The molecule has 5 atom stereocenters. The molecule has 6 amide bonds. The van der Waals surface area contributed by atoms with Gasteiger partial charge in [-0.05, 0) is 62.5 Å². The molecule has 9 N–H and O–H groups in total. The van der Waals surface area contributed by atoms with Gasteiger partial charge in [0.2, 0.25) is 35.4 Å². The van der Waals surface area contributed by atoms with Gasteiger partial charge in [0.15, 0.2) is 11.6 Å². The zero-order valence-corrected chi connectivity index (χ0v) is 40.3. The smallest absolute Gasteiger partial charge is 0.475 e. The second kappa shape index (κ2) is 26.2. The Morgan fingerprint density at radius 3 is 1.87 bits per heavy atom. The van der Waals surface area contributed by atoms with Crippen molar-refractivity contribution in [3.8, 4) is 0 Å². The number of fused-ring (bicyclic) bond motifs is 2. The predicted molar refractivity (Wildman–Crippen MR) is 256 cm³/mol. The van der Waals surface area contributed by atoms with Gasteiger partial charge in [-0.2, -0.15) is 13.2 Å². The van der Waals surface area contributed by atoms with Crippen molar-refractivity contribution in [2.75, 3.05) is 31.5 Å². The molecule has 0 spiro atoms. The van der Waals surface area contributed by atoms with Crippen molar-refractivity contribution in [3.05, 3.63) is 101 Å². The normalized spacial score (nSPS) is 15.7. The van der Waals surface area contributed by atoms with Crippen LogP contribution in [-0.2, 0) is 40.0 Å². The molecule has 0 saturated carbocycles. The molecule has 1 aliphatic heterocycles. The molecule has 21 heteroatoms. The van der Waals surface area contributed by atoms with E-state index in [0.29, 0.717) is 60.3 Å². The third-order valence-corrected chi connectivity index (χ3v) is 11.4. The van der Waals surface area contributed by atoms with Gasteiger partial charge in [0.1, 0.15) is 24.2 Å². The second-order valence-corrected chi connectivity index (χ2v) is 18.2. The Morgan fingerprint density at radius 2 is 1.27 bits per heavy atom. The standard InChI is InChI=1S/C48H62N8O8.C2HF3O2/c1-28(2)24-36(53-40(57)27-52-44(60)30(5)49)45(61)54-37(26-31-14-7-6-8-15-31)46(62)55-38(25-29(3)4)48(64)56-23-12-20-39(56)47(63)51-22-13-21-50-35-19-11-18-34-41(35)43(59)33-17-10-9-16-32(33)42(34)58;3-2(4,5)1(6)7/h6-11,14-19,28-30,36-39,50H,12-13,20-27,49H2,1-5H3,(H,51,63)(H,52,60)(H,53,57)(H,54,61)(H,55,62);(H,6,7)/t30-,36-,37-,38-,39-;/m0./s1. The van der Waals surface area contributed by atoms with Crippen molar-refractivity contribution in [2.24, 2.45) is 17.6 Å². The van der Waals surface area contributed by atoms with E-state index in [1.165, 1.54) is 11.8 Å². The fourth-order valence-electron chi connectivity index (χ4n) is 8.01. The number of rotatable bonds is 21. The van der Waals surface area contributed by atoms with Crippen LogP contribution >= 0.6 is 0 Å². The van der Waals surface area contributed by atoms with Crippen LogP contribution in [0.1, 0.15) is 104 Å². The van der Waals surface area contributed by atoms with E-state index in [2.05, 4.69) is 31.9 Å². The lowest BCUT2D eigenvalue weighted by Gasteiger charge is -2.31. The van der Waals surface area contributed by atoms with E-state index in [9.17, 15) is 51.5 Å². The summed E-state index contributed by atoms with van der Waals surface area (Å²) in [5.74, 6) is -6.29. The van der Waals surface area contributed by atoms with Gasteiger partial charge in [0, 0.05) is 48.4 Å². The van der Waals surface area contributed by atoms with Gasteiger partial charge in [-0.3, -0.25) is 38.4 Å². The van der Waals surface area contributed by atoms with Crippen LogP contribution in [0.15, 0.2) is 72.8 Å². The number of carbonyl (C=O) groups excluding carboxylic acids is 8. The summed E-state index contributed by atoms with van der Waals surface area (Å²) in [7, 11) is 0. The molecule has 0 radical (unpaired) electrons. The molecular formula is C50H63F3N8O10. The topological polar surface area (TPSA) is 275 Å². The van der Waals surface area contributed by atoms with Gasteiger partial charge in [-0.1, -0.05) is 94.4 Å². The minimum atomic E-state index is -5.08. The van der Waals surface area contributed by atoms with Crippen molar-refractivity contribution in [1.29, 1.82) is 0 Å². The highest BCUT2D eigenvalue weighted by molar-refractivity contribution is 6.30. The molecule has 0 bridgehead atoms. The number of benzene rings is 3. The molecule has 2 aliphatic rings. The summed E-state index contributed by atoms with van der Waals surface area (Å²) in [6, 6.07) is 16.2. The number of carboxylic acid groups (broad SMARTS) is 1. The Kier molecular flexibility index (Phi) is 20.8. The van der Waals surface area contributed by atoms with E-state index in [1.807, 2.05) is 58.0 Å². The summed E-state index contributed by atoms with van der Waals surface area (Å²) in [6.45, 7) is 9.71. The number of amides is 6. The number of ketones is 2. The van der Waals surface area contributed by atoms with Crippen molar-refractivity contribution in [2.45, 2.75) is 110 Å². The minimum absolute atomic E-state index is 0.0226. The number of carboxylic acids is 1. The fraction of sp³-hybridized carbons (Fsp3) is 0.460. The van der Waals surface area contributed by atoms with Crippen LogP contribution in [0.4, 0.5) is 18.9 Å². The molecule has 1 fully saturated rings. The third-order valence-electron chi connectivity index (χ3n) is 11.4. The average Bonchev–Trinajstić information content (AvgIpc) is 3.82. The SMILES string of the molecule is CC(C)C[C@H](NC(=O)CNC(=O)[C@H](C)N)C(=O)N[C@@H](Cc1ccccc1)C(=O)N[C@@H](CC(C)C)C(=O)N1CCC[C@H]1C(=O)NCCCNc1cccc2c1C(=O)c1ccccc1C2=O.O=C(O)C(F)(F)F. The molecule has 0 unspecified atom stereocenters. The van der Waals surface area contributed by atoms with Crippen molar-refractivity contribution in [3.63, 3.8) is 0 Å². The number of halogens is 3. The molecule has 5 rings (SSSR count). The van der Waals surface area contributed by atoms with Crippen LogP contribution in [0.5, 0.6) is 0 Å². The maximum atomic E-state index is 14.3. The van der Waals surface area contributed by atoms with Gasteiger partial charge in [0.25, 0.3) is 0 Å². The molecule has 1 aliphatic carbocycles. The number of likely N-dealkylation sites (tertiary alicyclic amines) is 1. The number of hydrogen-bond acceptors (Lipinski definition) is 11. The van der Waals surface area contributed by atoms with Gasteiger partial charge >= 0.3 is 12.1 Å². The van der Waals surface area contributed by atoms with Crippen LogP contribution < -0.4 is 37.6 Å². The van der Waals surface area contributed by atoms with Gasteiger partial charge < -0.3 is 47.6 Å². The van der Waals surface area contributed by atoms with Crippen molar-refractivity contribution >= 4 is 58.7 Å². The van der Waals surface area contributed by atoms with E-state index in [-0.39, 0.29) is 61.7 Å². The lowest BCUT2D eigenvalue weighted by Crippen LogP contribution is -2.59. The number of aliphatic carboxylic acids is 1. The highest BCUT2D eigenvalue weighted by Crippen LogP contribution is 2.32. The quantitative estimate of drug-likeness (QED) is 0.0559. The zero-order chi connectivity index (χ0) is 52.6. The Bertz CT molecular complexity index is 2410. The number of carbonyl (C=O) groups is 9. The van der Waals surface area contributed by atoms with Gasteiger partial charge in [-0.15, -0.1) is 0 Å². The molecule has 1 heterocycles. The number of nitrogens with two attached hydrogens (primary N) is 1. The molecule has 3 aromatic carbocycles. The Balaban J connectivity index is 0.00000145. The lowest BCUT2D eigenvalue weighted by atomic mass is 9.83. The maximum absolute atomic E-state index is 14.3. The molecule has 18 nitrogen and oxygen atoms in total. The van der Waals surface area contributed by atoms with Crippen LogP contribution in [0.25, 0.3) is 0 Å². The summed E-state index contributed by atoms with van der Waals surface area (Å²) in [4.78, 5) is 118. The monoisotopic (exact) mass is 992 g/mol. The molecule has 1 saturated heterocycles. The van der Waals surface area contributed by atoms with Crippen molar-refractivity contribution in [1.82, 2.24) is 31.5 Å². The van der Waals surface area contributed by atoms with E-state index >= 15 is 0 Å². The Labute approximate surface area is 409 Å². The van der Waals surface area contributed by atoms with E-state index in [0.717, 1.165) is 5.56 Å². The summed E-state index contributed by atoms with van der Waals surface area (Å²) in [6.07, 6.45) is -2.96. The van der Waals surface area contributed by atoms with Crippen LogP contribution in [0.3, 0.4) is 0 Å². The minimum Gasteiger partial charge on any atom is -0.475 e. The number of alkyl halides is 3.